The fourth-order valence-electron chi connectivity index (χ4n) is 0.270. The van der Waals surface area contributed by atoms with Crippen LogP contribution in [0.1, 0.15) is 0 Å². The van der Waals surface area contributed by atoms with Crippen molar-refractivity contribution in [3.63, 3.8) is 0 Å². The largest absolute Gasteiger partial charge is 0.479 e. The summed E-state index contributed by atoms with van der Waals surface area (Å²) in [5.41, 5.74) is 0. The fraction of sp³-hybridized carbons (Fsp3) is 0.500. The minimum atomic E-state index is -2.27. The molecule has 0 saturated carbocycles. The fourth-order valence-corrected chi connectivity index (χ4v) is 0.270. The van der Waals surface area contributed by atoms with Gasteiger partial charge in [0.1, 0.15) is 0 Å². The number of aliphatic hydroxyl groups is 2. The number of carboxylic acid groups (broad SMARTS) is 2. The third-order valence-corrected chi connectivity index (χ3v) is 0.805. The van der Waals surface area contributed by atoms with Crippen LogP contribution >= 0.6 is 0 Å². The Morgan fingerprint density at radius 3 is 1.17 bits per heavy atom. The van der Waals surface area contributed by atoms with Gasteiger partial charge in [-0.25, -0.2) is 9.59 Å². The number of aliphatic carboxylic acids is 2. The van der Waals surface area contributed by atoms with Gasteiger partial charge in [-0.05, 0) is 0 Å². The van der Waals surface area contributed by atoms with E-state index in [1.165, 1.54) is 0 Å². The normalized spacial score (nSPS) is 13.2. The molecule has 4 N–H and O–H groups in total. The van der Waals surface area contributed by atoms with Gasteiger partial charge in [0.05, 0.1) is 0 Å². The molecule has 8 heteroatoms. The summed E-state index contributed by atoms with van der Waals surface area (Å²) in [5.74, 6) is -3.54. The maximum Gasteiger partial charge on any atom is 0.335 e. The minimum absolute atomic E-state index is 0. The summed E-state index contributed by atoms with van der Waals surface area (Å²) in [5, 5.41) is 32.5. The summed E-state index contributed by atoms with van der Waals surface area (Å²) >= 11 is 0. The van der Waals surface area contributed by atoms with Crippen LogP contribution in [-0.2, 0) is 48.1 Å². The molecule has 0 saturated heterocycles. The first-order chi connectivity index (χ1) is 4.46. The molecular formula is C4H6CoO6Ti. The standard InChI is InChI=1S/C4H6O6.Co.Ti/c5-1(3(7)8)2(6)4(9)10;;/h1-2,5-6H,(H,7,8)(H,9,10);;. The van der Waals surface area contributed by atoms with E-state index in [9.17, 15) is 9.59 Å². The van der Waals surface area contributed by atoms with E-state index in [0.717, 1.165) is 0 Å². The maximum absolute atomic E-state index is 9.77. The van der Waals surface area contributed by atoms with E-state index in [1.54, 1.807) is 0 Å². The molecule has 0 aromatic rings. The smallest absolute Gasteiger partial charge is 0.335 e. The molecular weight excluding hydrogens is 251 g/mol. The summed E-state index contributed by atoms with van der Waals surface area (Å²) in [7, 11) is 0. The van der Waals surface area contributed by atoms with Gasteiger partial charge >= 0.3 is 11.9 Å². The van der Waals surface area contributed by atoms with Gasteiger partial charge in [-0.2, -0.15) is 0 Å². The van der Waals surface area contributed by atoms with Gasteiger partial charge in [-0.1, -0.05) is 0 Å². The number of carboxylic acids is 2. The summed E-state index contributed by atoms with van der Waals surface area (Å²) in [6.45, 7) is 0. The third-order valence-electron chi connectivity index (χ3n) is 0.805. The zero-order valence-electron chi connectivity index (χ0n) is 5.59. The van der Waals surface area contributed by atoms with Gasteiger partial charge in [-0.3, -0.25) is 0 Å². The monoisotopic (exact) mass is 257 g/mol. The Morgan fingerprint density at radius 2 is 1.08 bits per heavy atom. The van der Waals surface area contributed by atoms with Crippen LogP contribution < -0.4 is 0 Å². The zero-order valence-corrected chi connectivity index (χ0v) is 8.20. The van der Waals surface area contributed by atoms with Crippen molar-refractivity contribution in [2.75, 3.05) is 0 Å². The predicted molar refractivity (Wildman–Crippen MR) is 27.3 cm³/mol. The topological polar surface area (TPSA) is 115 Å². The molecule has 0 aliphatic heterocycles. The number of aliphatic hydroxyl groups excluding tert-OH is 2. The van der Waals surface area contributed by atoms with Gasteiger partial charge in [0.2, 0.25) is 0 Å². The van der Waals surface area contributed by atoms with Crippen LogP contribution in [0.4, 0.5) is 0 Å². The summed E-state index contributed by atoms with van der Waals surface area (Å²) in [6.07, 6.45) is -4.53. The Morgan fingerprint density at radius 1 is 0.917 bits per heavy atom. The van der Waals surface area contributed by atoms with Gasteiger partial charge in [0.25, 0.3) is 0 Å². The Labute approximate surface area is 92.7 Å². The third kappa shape index (κ3) is 5.70. The van der Waals surface area contributed by atoms with E-state index >= 15 is 0 Å². The van der Waals surface area contributed by atoms with Crippen molar-refractivity contribution in [3.05, 3.63) is 0 Å². The quantitative estimate of drug-likeness (QED) is 0.429. The van der Waals surface area contributed by atoms with Gasteiger partial charge < -0.3 is 20.4 Å². The van der Waals surface area contributed by atoms with E-state index < -0.39 is 24.1 Å². The van der Waals surface area contributed by atoms with Gasteiger partial charge in [0, 0.05) is 38.5 Å². The Balaban J connectivity index is -0.000000405. The average molecular weight is 257 g/mol. The van der Waals surface area contributed by atoms with Crippen molar-refractivity contribution in [1.29, 1.82) is 0 Å². The second-order valence-electron chi connectivity index (χ2n) is 1.57. The van der Waals surface area contributed by atoms with E-state index in [2.05, 4.69) is 0 Å². The summed E-state index contributed by atoms with van der Waals surface area (Å²) in [4.78, 5) is 19.5. The van der Waals surface area contributed by atoms with Crippen molar-refractivity contribution in [2.45, 2.75) is 12.2 Å². The van der Waals surface area contributed by atoms with Gasteiger partial charge in [-0.15, -0.1) is 0 Å². The van der Waals surface area contributed by atoms with Crippen molar-refractivity contribution < 1.29 is 68.5 Å². The van der Waals surface area contributed by atoms with Crippen molar-refractivity contribution >= 4 is 11.9 Å². The SMILES string of the molecule is O=C(O)C(O)C(O)C(=O)O.[Co].[Ti]. The van der Waals surface area contributed by atoms with Crippen LogP contribution in [0.15, 0.2) is 0 Å². The van der Waals surface area contributed by atoms with Crippen LogP contribution in [0.25, 0.3) is 0 Å². The van der Waals surface area contributed by atoms with Crippen molar-refractivity contribution in [3.8, 4) is 0 Å². The molecule has 0 spiro atoms. The van der Waals surface area contributed by atoms with Gasteiger partial charge in [0.15, 0.2) is 12.2 Å². The number of rotatable bonds is 3. The minimum Gasteiger partial charge on any atom is -0.479 e. The molecule has 0 amide bonds. The molecule has 0 aliphatic rings. The molecule has 12 heavy (non-hydrogen) atoms. The van der Waals surface area contributed by atoms with Crippen LogP contribution in [-0.4, -0.2) is 44.6 Å². The molecule has 6 nitrogen and oxygen atoms in total. The first-order valence-corrected chi connectivity index (χ1v) is 2.28. The second-order valence-corrected chi connectivity index (χ2v) is 1.57. The summed E-state index contributed by atoms with van der Waals surface area (Å²) < 4.78 is 0. The molecule has 0 aromatic carbocycles. The molecule has 0 bridgehead atoms. The molecule has 2 unspecified atom stereocenters. The maximum atomic E-state index is 9.77. The molecule has 0 aromatic heterocycles. The molecule has 0 rings (SSSR count). The number of carbonyl (C=O) groups is 2. The van der Waals surface area contributed by atoms with Crippen molar-refractivity contribution in [2.24, 2.45) is 0 Å². The number of hydrogen-bond acceptors (Lipinski definition) is 4. The van der Waals surface area contributed by atoms with E-state index in [-0.39, 0.29) is 38.5 Å². The van der Waals surface area contributed by atoms with E-state index in [4.69, 9.17) is 20.4 Å². The molecule has 0 aliphatic carbocycles. The van der Waals surface area contributed by atoms with Crippen LogP contribution in [0.3, 0.4) is 0 Å². The Bertz CT molecular complexity index is 144. The predicted octanol–water partition coefficient (Wildman–Crippen LogP) is -2.13. The van der Waals surface area contributed by atoms with Crippen LogP contribution in [0, 0.1) is 0 Å². The van der Waals surface area contributed by atoms with E-state index in [1.807, 2.05) is 0 Å². The van der Waals surface area contributed by atoms with Crippen molar-refractivity contribution in [1.82, 2.24) is 0 Å². The second kappa shape index (κ2) is 7.72. The van der Waals surface area contributed by atoms with Crippen LogP contribution in [0.5, 0.6) is 0 Å². The molecule has 0 fully saturated rings. The average Bonchev–Trinajstić information content (AvgIpc) is 1.84. The first-order valence-electron chi connectivity index (χ1n) is 2.28. The Hall–Kier alpha value is 0.0808. The van der Waals surface area contributed by atoms with Crippen LogP contribution in [0.2, 0.25) is 0 Å². The first kappa shape index (κ1) is 18.0. The van der Waals surface area contributed by atoms with E-state index in [0.29, 0.717) is 0 Å². The molecule has 2 atom stereocenters. The molecule has 0 heterocycles. The molecule has 71 valence electrons. The number of hydrogen-bond donors (Lipinski definition) is 4. The summed E-state index contributed by atoms with van der Waals surface area (Å²) in [6, 6.07) is 0. The zero-order chi connectivity index (χ0) is 8.31. The Kier molecular flexibility index (Phi) is 11.6. The molecule has 1 radical (unpaired) electrons.